The van der Waals surface area contributed by atoms with Gasteiger partial charge in [-0.2, -0.15) is 0 Å². The summed E-state index contributed by atoms with van der Waals surface area (Å²) in [6.07, 6.45) is 1.11. The van der Waals surface area contributed by atoms with Crippen molar-refractivity contribution in [2.45, 2.75) is 33.1 Å². The molecule has 3 heteroatoms. The maximum Gasteiger partial charge on any atom is 0.253 e. The van der Waals surface area contributed by atoms with Crippen molar-refractivity contribution < 1.29 is 4.79 Å². The van der Waals surface area contributed by atoms with E-state index in [4.69, 9.17) is 16.6 Å². The van der Waals surface area contributed by atoms with Gasteiger partial charge in [-0.3, -0.25) is 4.79 Å². The highest BCUT2D eigenvalue weighted by Gasteiger charge is 2.13. The predicted molar refractivity (Wildman–Crippen MR) is 101 cm³/mol. The molecule has 0 amide bonds. The van der Waals surface area contributed by atoms with E-state index in [1.807, 2.05) is 25.1 Å². The van der Waals surface area contributed by atoms with E-state index < -0.39 is 5.24 Å². The molecule has 2 aromatic carbocycles. The Morgan fingerprint density at radius 1 is 1.12 bits per heavy atom. The fraction of sp³-hybridized carbons (Fsp3) is 0.238. The zero-order chi connectivity index (χ0) is 17.3. The number of aryl methyl sites for hydroxylation is 1. The standard InChI is InChI=1S/C21H20ClNO/c1-4-14(3)15-6-8-16(9-7-15)20-12-18(21(22)24)17-11-13(2)5-10-19(17)23-20/h5-12,14H,4H2,1-3H3. The van der Waals surface area contributed by atoms with Crippen LogP contribution in [0, 0.1) is 6.92 Å². The lowest BCUT2D eigenvalue weighted by atomic mass is 9.96. The molecule has 1 atom stereocenters. The molecule has 1 unspecified atom stereocenters. The third-order valence-corrected chi connectivity index (χ3v) is 4.77. The third kappa shape index (κ3) is 3.20. The molecule has 1 heterocycles. The minimum atomic E-state index is -0.453. The molecule has 0 aliphatic heterocycles. The molecular weight excluding hydrogens is 318 g/mol. The minimum absolute atomic E-state index is 0.453. The van der Waals surface area contributed by atoms with Gasteiger partial charge in [-0.05, 0) is 54.6 Å². The molecule has 0 aliphatic carbocycles. The number of hydrogen-bond donors (Lipinski definition) is 0. The van der Waals surface area contributed by atoms with Crippen LogP contribution in [-0.2, 0) is 0 Å². The second-order valence-electron chi connectivity index (χ2n) is 6.28. The van der Waals surface area contributed by atoms with Crippen molar-refractivity contribution >= 4 is 27.7 Å². The third-order valence-electron chi connectivity index (χ3n) is 4.56. The van der Waals surface area contributed by atoms with Crippen molar-refractivity contribution in [1.29, 1.82) is 0 Å². The number of fused-ring (bicyclic) bond motifs is 1. The van der Waals surface area contributed by atoms with Gasteiger partial charge in [0.25, 0.3) is 5.24 Å². The van der Waals surface area contributed by atoms with E-state index in [9.17, 15) is 4.79 Å². The molecule has 1 aromatic heterocycles. The molecule has 2 nitrogen and oxygen atoms in total. The van der Waals surface area contributed by atoms with Crippen molar-refractivity contribution in [3.8, 4) is 11.3 Å². The largest absolute Gasteiger partial charge is 0.276 e. The highest BCUT2D eigenvalue weighted by atomic mass is 35.5. The first-order valence-corrected chi connectivity index (χ1v) is 8.59. The molecule has 0 aliphatic rings. The first-order chi connectivity index (χ1) is 11.5. The summed E-state index contributed by atoms with van der Waals surface area (Å²) in [6.45, 7) is 6.39. The SMILES string of the molecule is CCC(C)c1ccc(-c2cc(C(=O)Cl)c3cc(C)ccc3n2)cc1. The summed E-state index contributed by atoms with van der Waals surface area (Å²) >= 11 is 5.81. The van der Waals surface area contributed by atoms with E-state index in [0.29, 0.717) is 11.5 Å². The first kappa shape index (κ1) is 16.7. The van der Waals surface area contributed by atoms with E-state index in [1.165, 1.54) is 5.56 Å². The number of carbonyl (C=O) groups is 1. The van der Waals surface area contributed by atoms with Gasteiger partial charge in [0, 0.05) is 16.5 Å². The van der Waals surface area contributed by atoms with Crippen LogP contribution in [-0.4, -0.2) is 10.2 Å². The first-order valence-electron chi connectivity index (χ1n) is 8.21. The fourth-order valence-corrected chi connectivity index (χ4v) is 3.02. The van der Waals surface area contributed by atoms with Crippen molar-refractivity contribution in [3.63, 3.8) is 0 Å². The molecule has 3 aromatic rings. The van der Waals surface area contributed by atoms with Crippen molar-refractivity contribution in [1.82, 2.24) is 4.98 Å². The molecule has 0 fully saturated rings. The second kappa shape index (κ2) is 6.74. The lowest BCUT2D eigenvalue weighted by molar-refractivity contribution is 0.108. The van der Waals surface area contributed by atoms with Crippen LogP contribution < -0.4 is 0 Å². The second-order valence-corrected chi connectivity index (χ2v) is 6.62. The number of rotatable bonds is 4. The predicted octanol–water partition coefficient (Wildman–Crippen LogP) is 6.10. The van der Waals surface area contributed by atoms with E-state index in [-0.39, 0.29) is 0 Å². The monoisotopic (exact) mass is 337 g/mol. The van der Waals surface area contributed by atoms with Crippen LogP contribution >= 0.6 is 11.6 Å². The normalized spacial score (nSPS) is 12.3. The molecule has 3 rings (SSSR count). The Hall–Kier alpha value is -2.19. The molecule has 0 spiro atoms. The van der Waals surface area contributed by atoms with E-state index in [2.05, 4.69) is 38.1 Å². The average Bonchev–Trinajstić information content (AvgIpc) is 2.60. The summed E-state index contributed by atoms with van der Waals surface area (Å²) in [4.78, 5) is 16.6. The average molecular weight is 338 g/mol. The van der Waals surface area contributed by atoms with Gasteiger partial charge in [0.15, 0.2) is 0 Å². The smallest absolute Gasteiger partial charge is 0.253 e. The van der Waals surface area contributed by atoms with Crippen LogP contribution in [0.15, 0.2) is 48.5 Å². The summed E-state index contributed by atoms with van der Waals surface area (Å²) in [5.74, 6) is 0.534. The van der Waals surface area contributed by atoms with Gasteiger partial charge in [-0.25, -0.2) is 4.98 Å². The fourth-order valence-electron chi connectivity index (χ4n) is 2.87. The Morgan fingerprint density at radius 2 is 1.83 bits per heavy atom. The molecular formula is C21H20ClNO. The summed E-state index contributed by atoms with van der Waals surface area (Å²) in [6, 6.07) is 16.1. The van der Waals surface area contributed by atoms with Crippen LogP contribution in [0.3, 0.4) is 0 Å². The molecule has 0 saturated heterocycles. The zero-order valence-corrected chi connectivity index (χ0v) is 14.9. The Morgan fingerprint density at radius 3 is 2.46 bits per heavy atom. The molecule has 122 valence electrons. The summed E-state index contributed by atoms with van der Waals surface area (Å²) in [5.41, 5.74) is 5.44. The van der Waals surface area contributed by atoms with Crippen molar-refractivity contribution in [2.24, 2.45) is 0 Å². The van der Waals surface area contributed by atoms with Gasteiger partial charge in [-0.15, -0.1) is 0 Å². The zero-order valence-electron chi connectivity index (χ0n) is 14.1. The number of hydrogen-bond acceptors (Lipinski definition) is 2. The van der Waals surface area contributed by atoms with Crippen molar-refractivity contribution in [3.05, 3.63) is 65.2 Å². The summed E-state index contributed by atoms with van der Waals surface area (Å²) in [7, 11) is 0. The quantitative estimate of drug-likeness (QED) is 0.538. The number of benzene rings is 2. The van der Waals surface area contributed by atoms with Crippen LogP contribution in [0.4, 0.5) is 0 Å². The van der Waals surface area contributed by atoms with E-state index >= 15 is 0 Å². The maximum absolute atomic E-state index is 11.9. The van der Waals surface area contributed by atoms with Crippen LogP contribution in [0.2, 0.25) is 0 Å². The Labute approximate surface area is 147 Å². The molecule has 0 radical (unpaired) electrons. The minimum Gasteiger partial charge on any atom is -0.276 e. The van der Waals surface area contributed by atoms with Gasteiger partial charge in [0.05, 0.1) is 11.2 Å². The van der Waals surface area contributed by atoms with Crippen LogP contribution in [0.25, 0.3) is 22.2 Å². The number of aromatic nitrogens is 1. The van der Waals surface area contributed by atoms with Gasteiger partial charge in [-0.1, -0.05) is 49.7 Å². The number of pyridine rings is 1. The molecule has 0 N–H and O–H groups in total. The lowest BCUT2D eigenvalue weighted by Crippen LogP contribution is -1.97. The Balaban J connectivity index is 2.13. The van der Waals surface area contributed by atoms with Crippen LogP contribution in [0.5, 0.6) is 0 Å². The van der Waals surface area contributed by atoms with Crippen LogP contribution in [0.1, 0.15) is 47.7 Å². The molecule has 0 saturated carbocycles. The molecule has 24 heavy (non-hydrogen) atoms. The highest BCUT2D eigenvalue weighted by molar-refractivity contribution is 6.68. The van der Waals surface area contributed by atoms with Crippen molar-refractivity contribution in [2.75, 3.05) is 0 Å². The molecule has 0 bridgehead atoms. The highest BCUT2D eigenvalue weighted by Crippen LogP contribution is 2.28. The van der Waals surface area contributed by atoms with Gasteiger partial charge >= 0.3 is 0 Å². The topological polar surface area (TPSA) is 30.0 Å². The number of halogens is 1. The summed E-state index contributed by atoms with van der Waals surface area (Å²) < 4.78 is 0. The maximum atomic E-state index is 11.9. The van der Waals surface area contributed by atoms with Gasteiger partial charge < -0.3 is 0 Å². The Bertz CT molecular complexity index is 900. The number of carbonyl (C=O) groups excluding carboxylic acids is 1. The van der Waals surface area contributed by atoms with E-state index in [0.717, 1.165) is 34.1 Å². The Kier molecular flexibility index (Phi) is 4.68. The lowest BCUT2D eigenvalue weighted by Gasteiger charge is -2.11. The van der Waals surface area contributed by atoms with E-state index in [1.54, 1.807) is 6.07 Å². The summed E-state index contributed by atoms with van der Waals surface area (Å²) in [5, 5.41) is 0.348. The number of nitrogens with zero attached hydrogens (tertiary/aromatic N) is 1. The van der Waals surface area contributed by atoms with Gasteiger partial charge in [0.1, 0.15) is 0 Å². The van der Waals surface area contributed by atoms with Gasteiger partial charge in [0.2, 0.25) is 0 Å².